The van der Waals surface area contributed by atoms with Gasteiger partial charge in [-0.05, 0) is 62.1 Å². The molecule has 0 spiro atoms. The maximum atomic E-state index is 12.9. The quantitative estimate of drug-likeness (QED) is 0.707. The minimum Gasteiger partial charge on any atom is -0.361 e. The largest absolute Gasteiger partial charge is 0.361 e. The second-order valence-corrected chi connectivity index (χ2v) is 9.17. The summed E-state index contributed by atoms with van der Waals surface area (Å²) < 4.78 is 0. The summed E-state index contributed by atoms with van der Waals surface area (Å²) >= 11 is 1.73. The number of benzene rings is 1. The highest BCUT2D eigenvalue weighted by molar-refractivity contribution is 7.18. The highest BCUT2D eigenvalue weighted by Gasteiger charge is 2.27. The summed E-state index contributed by atoms with van der Waals surface area (Å²) in [5, 5.41) is 0.844. The van der Waals surface area contributed by atoms with E-state index in [1.807, 2.05) is 0 Å². The molecule has 1 N–H and O–H groups in total. The Morgan fingerprint density at radius 1 is 1.30 bits per heavy atom. The summed E-state index contributed by atoms with van der Waals surface area (Å²) in [5.41, 5.74) is 3.96. The molecule has 2 atom stereocenters. The molecule has 2 aromatic heterocycles. The van der Waals surface area contributed by atoms with Crippen LogP contribution >= 0.6 is 11.3 Å². The van der Waals surface area contributed by atoms with Crippen molar-refractivity contribution in [3.05, 3.63) is 56.4 Å². The number of para-hydroxylation sites is 1. The number of nitrogens with one attached hydrogen (secondary N) is 1. The van der Waals surface area contributed by atoms with E-state index in [0.717, 1.165) is 48.3 Å². The molecule has 27 heavy (non-hydrogen) atoms. The Bertz CT molecular complexity index is 1070. The highest BCUT2D eigenvalue weighted by Crippen LogP contribution is 2.37. The fraction of sp³-hybridized carbons (Fsp3) is 0.455. The van der Waals surface area contributed by atoms with Crippen LogP contribution in [0.1, 0.15) is 54.6 Å². The second-order valence-electron chi connectivity index (χ2n) is 8.08. The predicted octanol–water partition coefficient (Wildman–Crippen LogP) is 4.62. The molecule has 3 heterocycles. The third-order valence-corrected chi connectivity index (χ3v) is 7.34. The summed E-state index contributed by atoms with van der Waals surface area (Å²) in [7, 11) is 0. The summed E-state index contributed by atoms with van der Waals surface area (Å²) in [6.07, 6.45) is 5.52. The summed E-state index contributed by atoms with van der Waals surface area (Å²) in [6, 6.07) is 8.66. The third-order valence-electron chi connectivity index (χ3n) is 6.19. The van der Waals surface area contributed by atoms with E-state index in [1.165, 1.54) is 28.1 Å². The molecule has 5 heteroatoms. The first-order valence-electron chi connectivity index (χ1n) is 10.0. The van der Waals surface area contributed by atoms with Gasteiger partial charge in [-0.15, -0.1) is 11.3 Å². The average molecular weight is 380 g/mol. The SMILES string of the molecule is C[C@@H]1CCc2c(sc3nc([C@H](C)N4CCCc5ccccc54)[nH]c(=O)c23)C1. The molecule has 0 fully saturated rings. The highest BCUT2D eigenvalue weighted by atomic mass is 32.1. The number of anilines is 1. The van der Waals surface area contributed by atoms with Crippen molar-refractivity contribution < 1.29 is 0 Å². The van der Waals surface area contributed by atoms with E-state index in [1.54, 1.807) is 11.3 Å². The fourth-order valence-corrected chi connectivity index (χ4v) is 6.07. The minimum atomic E-state index is 0.0409. The molecule has 3 aromatic rings. The number of aromatic nitrogens is 2. The summed E-state index contributed by atoms with van der Waals surface area (Å²) in [5.74, 6) is 1.49. The number of nitrogens with zero attached hydrogens (tertiary/aromatic N) is 2. The summed E-state index contributed by atoms with van der Waals surface area (Å²) in [4.78, 5) is 25.7. The van der Waals surface area contributed by atoms with E-state index in [9.17, 15) is 4.79 Å². The van der Waals surface area contributed by atoms with Crippen molar-refractivity contribution in [2.45, 2.75) is 52.0 Å². The van der Waals surface area contributed by atoms with Gasteiger partial charge in [-0.2, -0.15) is 0 Å². The fourth-order valence-electron chi connectivity index (χ4n) is 4.68. The van der Waals surface area contributed by atoms with Crippen molar-refractivity contribution in [1.29, 1.82) is 0 Å². The molecular weight excluding hydrogens is 354 g/mol. The van der Waals surface area contributed by atoms with E-state index in [-0.39, 0.29) is 11.6 Å². The maximum Gasteiger partial charge on any atom is 0.259 e. The lowest BCUT2D eigenvalue weighted by molar-refractivity contribution is 0.509. The number of thiophene rings is 1. The van der Waals surface area contributed by atoms with Gasteiger partial charge in [0.05, 0.1) is 11.4 Å². The van der Waals surface area contributed by atoms with Crippen LogP contribution in [0, 0.1) is 5.92 Å². The van der Waals surface area contributed by atoms with Gasteiger partial charge in [0.15, 0.2) is 0 Å². The van der Waals surface area contributed by atoms with Gasteiger partial charge in [0.2, 0.25) is 0 Å². The van der Waals surface area contributed by atoms with Gasteiger partial charge in [0, 0.05) is 17.1 Å². The molecule has 0 saturated carbocycles. The van der Waals surface area contributed by atoms with E-state index >= 15 is 0 Å². The number of aromatic amines is 1. The molecule has 1 aliphatic heterocycles. The number of aryl methyl sites for hydroxylation is 2. The molecule has 0 unspecified atom stereocenters. The lowest BCUT2D eigenvalue weighted by Crippen LogP contribution is -2.33. The smallest absolute Gasteiger partial charge is 0.259 e. The molecule has 0 amide bonds. The van der Waals surface area contributed by atoms with Crippen LogP contribution in [0.3, 0.4) is 0 Å². The third kappa shape index (κ3) is 2.80. The van der Waals surface area contributed by atoms with Crippen LogP contribution in [0.4, 0.5) is 5.69 Å². The number of hydrogen-bond donors (Lipinski definition) is 1. The molecule has 1 aliphatic carbocycles. The molecule has 0 bridgehead atoms. The number of H-pyrrole nitrogens is 1. The van der Waals surface area contributed by atoms with Crippen LogP contribution in [0.15, 0.2) is 29.1 Å². The van der Waals surface area contributed by atoms with Crippen LogP contribution in [-0.2, 0) is 19.3 Å². The van der Waals surface area contributed by atoms with E-state index < -0.39 is 0 Å². The van der Waals surface area contributed by atoms with Crippen molar-refractivity contribution in [3.63, 3.8) is 0 Å². The minimum absolute atomic E-state index is 0.0409. The first-order chi connectivity index (χ1) is 13.1. The zero-order chi connectivity index (χ0) is 18.5. The Morgan fingerprint density at radius 2 is 2.15 bits per heavy atom. The zero-order valence-corrected chi connectivity index (χ0v) is 16.7. The number of hydrogen-bond acceptors (Lipinski definition) is 4. The number of fused-ring (bicyclic) bond motifs is 4. The maximum absolute atomic E-state index is 12.9. The lowest BCUT2D eigenvalue weighted by Gasteiger charge is -2.35. The molecule has 1 aromatic carbocycles. The van der Waals surface area contributed by atoms with Crippen molar-refractivity contribution in [2.75, 3.05) is 11.4 Å². The Kier molecular flexibility index (Phi) is 4.08. The Balaban J connectivity index is 1.57. The van der Waals surface area contributed by atoms with Crippen molar-refractivity contribution in [3.8, 4) is 0 Å². The van der Waals surface area contributed by atoms with Gasteiger partial charge < -0.3 is 9.88 Å². The normalized spacial score (nSPS) is 20.4. The molecule has 140 valence electrons. The molecule has 0 saturated heterocycles. The van der Waals surface area contributed by atoms with E-state index in [0.29, 0.717) is 5.92 Å². The van der Waals surface area contributed by atoms with Crippen LogP contribution in [0.5, 0.6) is 0 Å². The predicted molar refractivity (Wildman–Crippen MR) is 112 cm³/mol. The molecule has 5 rings (SSSR count). The van der Waals surface area contributed by atoms with Gasteiger partial charge in [-0.1, -0.05) is 25.1 Å². The first kappa shape index (κ1) is 17.0. The first-order valence-corrected chi connectivity index (χ1v) is 10.8. The average Bonchev–Trinajstić information content (AvgIpc) is 3.04. The monoisotopic (exact) mass is 379 g/mol. The van der Waals surface area contributed by atoms with E-state index in [2.05, 4.69) is 48.0 Å². The van der Waals surface area contributed by atoms with Gasteiger partial charge in [-0.3, -0.25) is 4.79 Å². The standard InChI is InChI=1S/C22H25N3OS/c1-13-9-10-16-18(12-13)27-22-19(16)21(26)23-20(24-22)14(2)25-11-5-7-15-6-3-4-8-17(15)25/h3-4,6,8,13-14H,5,7,9-12H2,1-2H3,(H,23,24,26)/t13-,14+/m1/s1. The van der Waals surface area contributed by atoms with Crippen LogP contribution in [0.25, 0.3) is 10.2 Å². The topological polar surface area (TPSA) is 49.0 Å². The Labute approximate surface area is 163 Å². The van der Waals surface area contributed by atoms with Gasteiger partial charge in [0.25, 0.3) is 5.56 Å². The molecule has 0 radical (unpaired) electrons. The second kappa shape index (κ2) is 6.48. The number of rotatable bonds is 2. The Hall–Kier alpha value is -2.14. The van der Waals surface area contributed by atoms with Crippen LogP contribution in [0.2, 0.25) is 0 Å². The van der Waals surface area contributed by atoms with E-state index in [4.69, 9.17) is 4.98 Å². The summed E-state index contributed by atoms with van der Waals surface area (Å²) in [6.45, 7) is 5.45. The lowest BCUT2D eigenvalue weighted by atomic mass is 9.89. The van der Waals surface area contributed by atoms with Crippen molar-refractivity contribution in [2.24, 2.45) is 5.92 Å². The Morgan fingerprint density at radius 3 is 3.04 bits per heavy atom. The van der Waals surface area contributed by atoms with Crippen LogP contribution < -0.4 is 10.5 Å². The molecular formula is C22H25N3OS. The van der Waals surface area contributed by atoms with Crippen molar-refractivity contribution in [1.82, 2.24) is 9.97 Å². The van der Waals surface area contributed by atoms with Crippen molar-refractivity contribution >= 4 is 27.2 Å². The zero-order valence-electron chi connectivity index (χ0n) is 15.9. The van der Waals surface area contributed by atoms with Gasteiger partial charge >= 0.3 is 0 Å². The van der Waals surface area contributed by atoms with Gasteiger partial charge in [-0.25, -0.2) is 4.98 Å². The molecule has 2 aliphatic rings. The van der Waals surface area contributed by atoms with Crippen LogP contribution in [-0.4, -0.2) is 16.5 Å². The van der Waals surface area contributed by atoms with Gasteiger partial charge in [0.1, 0.15) is 10.7 Å². The molecule has 4 nitrogen and oxygen atoms in total.